The van der Waals surface area contributed by atoms with Gasteiger partial charge in [-0.25, -0.2) is 0 Å². The molecule has 0 aliphatic heterocycles. The molecule has 3 aromatic rings. The third-order valence-electron chi connectivity index (χ3n) is 2.91. The first-order chi connectivity index (χ1) is 8.24. The van der Waals surface area contributed by atoms with Crippen LogP contribution in [0, 0.1) is 6.92 Å². The van der Waals surface area contributed by atoms with Crippen molar-refractivity contribution in [1.82, 2.24) is 10.2 Å². The minimum Gasteiger partial charge on any atom is -0.399 e. The molecule has 0 radical (unpaired) electrons. The number of hydrogen-bond donors (Lipinski definition) is 2. The molecule has 84 valence electrons. The van der Waals surface area contributed by atoms with Gasteiger partial charge in [-0.3, -0.25) is 5.10 Å². The summed E-state index contributed by atoms with van der Waals surface area (Å²) >= 11 is 0. The Balaban J connectivity index is 2.23. The van der Waals surface area contributed by atoms with E-state index in [2.05, 4.69) is 41.4 Å². The van der Waals surface area contributed by atoms with Crippen LogP contribution in [0.25, 0.3) is 22.2 Å². The quantitative estimate of drug-likeness (QED) is 0.623. The highest BCUT2D eigenvalue weighted by Gasteiger charge is 2.07. The molecular weight excluding hydrogens is 210 g/mol. The number of nitrogens with two attached hydrogens (primary N) is 1. The third kappa shape index (κ3) is 1.65. The summed E-state index contributed by atoms with van der Waals surface area (Å²) < 4.78 is 0. The van der Waals surface area contributed by atoms with E-state index >= 15 is 0 Å². The van der Waals surface area contributed by atoms with Gasteiger partial charge < -0.3 is 5.73 Å². The SMILES string of the molecule is Cc1ccc(-c2n[nH]c3ccc(N)cc23)cc1. The lowest BCUT2D eigenvalue weighted by molar-refractivity contribution is 1.12. The minimum absolute atomic E-state index is 0.757. The maximum Gasteiger partial charge on any atom is 0.1000 e. The summed E-state index contributed by atoms with van der Waals surface area (Å²) in [7, 11) is 0. The molecule has 0 saturated heterocycles. The molecule has 2 aromatic carbocycles. The van der Waals surface area contributed by atoms with Crippen molar-refractivity contribution in [1.29, 1.82) is 0 Å². The van der Waals surface area contributed by atoms with E-state index in [9.17, 15) is 0 Å². The Morgan fingerprint density at radius 2 is 1.82 bits per heavy atom. The van der Waals surface area contributed by atoms with E-state index in [0.29, 0.717) is 0 Å². The summed E-state index contributed by atoms with van der Waals surface area (Å²) in [6.45, 7) is 2.07. The van der Waals surface area contributed by atoms with Crippen LogP contribution in [0.2, 0.25) is 0 Å². The van der Waals surface area contributed by atoms with Crippen LogP contribution in [0.1, 0.15) is 5.56 Å². The van der Waals surface area contributed by atoms with Gasteiger partial charge in [0.25, 0.3) is 0 Å². The molecule has 1 heterocycles. The number of nitrogens with zero attached hydrogens (tertiary/aromatic N) is 1. The van der Waals surface area contributed by atoms with Gasteiger partial charge in [0.05, 0.1) is 11.2 Å². The summed E-state index contributed by atoms with van der Waals surface area (Å²) in [5.41, 5.74) is 10.9. The van der Waals surface area contributed by atoms with Gasteiger partial charge in [0.1, 0.15) is 0 Å². The lowest BCUT2D eigenvalue weighted by Crippen LogP contribution is -1.83. The molecule has 0 spiro atoms. The lowest BCUT2D eigenvalue weighted by atomic mass is 10.1. The fourth-order valence-corrected chi connectivity index (χ4v) is 1.96. The van der Waals surface area contributed by atoms with Crippen molar-refractivity contribution < 1.29 is 0 Å². The van der Waals surface area contributed by atoms with E-state index in [0.717, 1.165) is 27.8 Å². The molecule has 3 heteroatoms. The van der Waals surface area contributed by atoms with Crippen LogP contribution in [0.5, 0.6) is 0 Å². The van der Waals surface area contributed by atoms with Crippen molar-refractivity contribution >= 4 is 16.6 Å². The molecule has 0 saturated carbocycles. The molecule has 0 amide bonds. The van der Waals surface area contributed by atoms with Crippen molar-refractivity contribution in [2.24, 2.45) is 0 Å². The van der Waals surface area contributed by atoms with Crippen molar-refractivity contribution in [3.05, 3.63) is 48.0 Å². The summed E-state index contributed by atoms with van der Waals surface area (Å²) in [4.78, 5) is 0. The number of benzene rings is 2. The molecule has 3 nitrogen and oxygen atoms in total. The fourth-order valence-electron chi connectivity index (χ4n) is 1.96. The molecule has 0 bridgehead atoms. The summed E-state index contributed by atoms with van der Waals surface area (Å²) in [6.07, 6.45) is 0. The molecule has 0 aliphatic rings. The normalized spacial score (nSPS) is 10.9. The second-order valence-electron chi connectivity index (χ2n) is 4.24. The van der Waals surface area contributed by atoms with Crippen molar-refractivity contribution in [2.75, 3.05) is 5.73 Å². The van der Waals surface area contributed by atoms with E-state index in [4.69, 9.17) is 5.73 Å². The monoisotopic (exact) mass is 223 g/mol. The average Bonchev–Trinajstić information content (AvgIpc) is 2.73. The van der Waals surface area contributed by atoms with Gasteiger partial charge in [-0.05, 0) is 25.1 Å². The maximum atomic E-state index is 5.81. The molecule has 1 aromatic heterocycles. The number of rotatable bonds is 1. The van der Waals surface area contributed by atoms with Gasteiger partial charge in [-0.15, -0.1) is 0 Å². The van der Waals surface area contributed by atoms with Gasteiger partial charge in [-0.1, -0.05) is 29.8 Å². The predicted octanol–water partition coefficient (Wildman–Crippen LogP) is 3.12. The smallest absolute Gasteiger partial charge is 0.1000 e. The summed E-state index contributed by atoms with van der Waals surface area (Å²) in [5, 5.41) is 8.44. The number of H-pyrrole nitrogens is 1. The molecule has 0 fully saturated rings. The van der Waals surface area contributed by atoms with Crippen molar-refractivity contribution in [2.45, 2.75) is 6.92 Å². The van der Waals surface area contributed by atoms with Crippen LogP contribution in [0.3, 0.4) is 0 Å². The van der Waals surface area contributed by atoms with Crippen LogP contribution in [0.15, 0.2) is 42.5 Å². The van der Waals surface area contributed by atoms with E-state index < -0.39 is 0 Å². The second-order valence-corrected chi connectivity index (χ2v) is 4.24. The summed E-state index contributed by atoms with van der Waals surface area (Å²) in [5.74, 6) is 0. The van der Waals surface area contributed by atoms with E-state index in [1.807, 2.05) is 18.2 Å². The van der Waals surface area contributed by atoms with Crippen LogP contribution < -0.4 is 5.73 Å². The molecule has 3 N–H and O–H groups in total. The molecular formula is C14H13N3. The van der Waals surface area contributed by atoms with Gasteiger partial charge in [0.2, 0.25) is 0 Å². The van der Waals surface area contributed by atoms with Gasteiger partial charge in [-0.2, -0.15) is 5.10 Å². The number of hydrogen-bond acceptors (Lipinski definition) is 2. The van der Waals surface area contributed by atoms with Crippen molar-refractivity contribution in [3.63, 3.8) is 0 Å². The topological polar surface area (TPSA) is 54.7 Å². The van der Waals surface area contributed by atoms with Crippen LogP contribution in [-0.2, 0) is 0 Å². The second kappa shape index (κ2) is 3.63. The Hall–Kier alpha value is -2.29. The highest BCUT2D eigenvalue weighted by atomic mass is 15.1. The Labute approximate surface area is 99.3 Å². The fraction of sp³-hybridized carbons (Fsp3) is 0.0714. The Kier molecular flexibility index (Phi) is 2.11. The zero-order valence-electron chi connectivity index (χ0n) is 9.57. The largest absolute Gasteiger partial charge is 0.399 e. The molecule has 0 atom stereocenters. The van der Waals surface area contributed by atoms with E-state index in [1.165, 1.54) is 5.56 Å². The van der Waals surface area contributed by atoms with Gasteiger partial charge >= 0.3 is 0 Å². The van der Waals surface area contributed by atoms with Crippen LogP contribution in [0.4, 0.5) is 5.69 Å². The van der Waals surface area contributed by atoms with Gasteiger partial charge in [0.15, 0.2) is 0 Å². The first-order valence-electron chi connectivity index (χ1n) is 5.55. The van der Waals surface area contributed by atoms with Crippen LogP contribution in [-0.4, -0.2) is 10.2 Å². The Bertz CT molecular complexity index is 666. The van der Waals surface area contributed by atoms with Crippen molar-refractivity contribution in [3.8, 4) is 11.3 Å². The van der Waals surface area contributed by atoms with E-state index in [1.54, 1.807) is 0 Å². The lowest BCUT2D eigenvalue weighted by Gasteiger charge is -1.99. The number of fused-ring (bicyclic) bond motifs is 1. The standard InChI is InChI=1S/C14H13N3/c1-9-2-4-10(5-3-9)14-12-8-11(15)6-7-13(12)16-17-14/h2-8H,15H2,1H3,(H,16,17). The first kappa shape index (κ1) is 9.90. The zero-order chi connectivity index (χ0) is 11.8. The predicted molar refractivity (Wildman–Crippen MR) is 70.7 cm³/mol. The minimum atomic E-state index is 0.757. The Morgan fingerprint density at radius 3 is 2.59 bits per heavy atom. The Morgan fingerprint density at radius 1 is 1.06 bits per heavy atom. The number of aryl methyl sites for hydroxylation is 1. The number of aromatic nitrogens is 2. The average molecular weight is 223 g/mol. The highest BCUT2D eigenvalue weighted by molar-refractivity contribution is 5.94. The molecule has 0 unspecified atom stereocenters. The molecule has 0 aliphatic carbocycles. The first-order valence-corrected chi connectivity index (χ1v) is 5.55. The molecule has 3 rings (SSSR count). The third-order valence-corrected chi connectivity index (χ3v) is 2.91. The number of nitrogen functional groups attached to an aromatic ring is 1. The zero-order valence-corrected chi connectivity index (χ0v) is 9.57. The maximum absolute atomic E-state index is 5.81. The van der Waals surface area contributed by atoms with E-state index in [-0.39, 0.29) is 0 Å². The van der Waals surface area contributed by atoms with Gasteiger partial charge in [0, 0.05) is 16.6 Å². The molecule has 17 heavy (non-hydrogen) atoms. The number of aromatic amines is 1. The number of nitrogens with one attached hydrogen (secondary N) is 1. The highest BCUT2D eigenvalue weighted by Crippen LogP contribution is 2.27. The summed E-state index contributed by atoms with van der Waals surface area (Å²) in [6, 6.07) is 14.1. The van der Waals surface area contributed by atoms with Crippen LogP contribution >= 0.6 is 0 Å². The number of anilines is 1.